The molecule has 0 spiro atoms. The first-order chi connectivity index (χ1) is 7.60. The van der Waals surface area contributed by atoms with Crippen molar-refractivity contribution in [1.82, 2.24) is 5.43 Å². The number of hydrogen-bond acceptors (Lipinski definition) is 2. The number of amides is 1. The van der Waals surface area contributed by atoms with E-state index in [0.29, 0.717) is 5.92 Å². The summed E-state index contributed by atoms with van der Waals surface area (Å²) in [4.78, 5) is 11.4. The number of benzene rings is 1. The highest BCUT2D eigenvalue weighted by Gasteiger charge is 2.13. The fourth-order valence-electron chi connectivity index (χ4n) is 1.63. The minimum absolute atomic E-state index is 0.156. The Bertz CT molecular complexity index is 345. The van der Waals surface area contributed by atoms with E-state index in [-0.39, 0.29) is 11.8 Å². The van der Waals surface area contributed by atoms with Gasteiger partial charge in [-0.25, -0.2) is 5.84 Å². The Labute approximate surface area is 97.0 Å². The fraction of sp³-hybridized carbons (Fsp3) is 0.462. The summed E-state index contributed by atoms with van der Waals surface area (Å²) in [5.74, 6) is 5.32. The molecule has 88 valence electrons. The Morgan fingerprint density at radius 1 is 1.25 bits per heavy atom. The SMILES string of the molecule is CCC(C)c1ccc(C(C)C(=O)NN)cc1. The van der Waals surface area contributed by atoms with E-state index in [4.69, 9.17) is 5.84 Å². The molecule has 2 atom stereocenters. The van der Waals surface area contributed by atoms with E-state index in [1.165, 1.54) is 5.56 Å². The van der Waals surface area contributed by atoms with E-state index in [1.54, 1.807) is 0 Å². The third-order valence-electron chi connectivity index (χ3n) is 3.15. The van der Waals surface area contributed by atoms with Crippen LogP contribution in [-0.2, 0) is 4.79 Å². The van der Waals surface area contributed by atoms with Gasteiger partial charge in [0.05, 0.1) is 5.92 Å². The zero-order chi connectivity index (χ0) is 12.1. The van der Waals surface area contributed by atoms with E-state index >= 15 is 0 Å². The molecule has 0 aliphatic rings. The Kier molecular flexibility index (Phi) is 4.50. The van der Waals surface area contributed by atoms with Gasteiger partial charge in [-0.3, -0.25) is 10.2 Å². The van der Waals surface area contributed by atoms with Crippen LogP contribution in [0, 0.1) is 0 Å². The summed E-state index contributed by atoms with van der Waals surface area (Å²) in [5, 5.41) is 0. The van der Waals surface area contributed by atoms with Gasteiger partial charge in [0, 0.05) is 0 Å². The molecule has 0 fully saturated rings. The van der Waals surface area contributed by atoms with Gasteiger partial charge in [0.2, 0.25) is 5.91 Å². The molecular formula is C13H20N2O. The van der Waals surface area contributed by atoms with Crippen LogP contribution in [0.1, 0.15) is 50.2 Å². The molecule has 3 nitrogen and oxygen atoms in total. The molecule has 0 aromatic heterocycles. The minimum atomic E-state index is -0.198. The lowest BCUT2D eigenvalue weighted by Gasteiger charge is -2.13. The van der Waals surface area contributed by atoms with Crippen molar-refractivity contribution >= 4 is 5.91 Å². The predicted molar refractivity (Wildman–Crippen MR) is 65.9 cm³/mol. The number of carbonyl (C=O) groups is 1. The molecule has 0 heterocycles. The van der Waals surface area contributed by atoms with Crippen LogP contribution < -0.4 is 11.3 Å². The second-order valence-electron chi connectivity index (χ2n) is 4.21. The molecule has 0 bridgehead atoms. The van der Waals surface area contributed by atoms with Crippen molar-refractivity contribution in [3.63, 3.8) is 0 Å². The van der Waals surface area contributed by atoms with Gasteiger partial charge in [-0.1, -0.05) is 38.1 Å². The van der Waals surface area contributed by atoms with Gasteiger partial charge in [-0.2, -0.15) is 0 Å². The van der Waals surface area contributed by atoms with Gasteiger partial charge in [0.1, 0.15) is 0 Å². The number of carbonyl (C=O) groups excluding carboxylic acids is 1. The number of hydrazine groups is 1. The molecule has 2 unspecified atom stereocenters. The van der Waals surface area contributed by atoms with Crippen molar-refractivity contribution in [3.05, 3.63) is 35.4 Å². The topological polar surface area (TPSA) is 55.1 Å². The lowest BCUT2D eigenvalue weighted by molar-refractivity contribution is -0.122. The van der Waals surface area contributed by atoms with E-state index in [0.717, 1.165) is 12.0 Å². The summed E-state index contributed by atoms with van der Waals surface area (Å²) in [6.45, 7) is 6.22. The highest BCUT2D eigenvalue weighted by atomic mass is 16.2. The van der Waals surface area contributed by atoms with Crippen molar-refractivity contribution in [2.75, 3.05) is 0 Å². The number of nitrogens with two attached hydrogens (primary N) is 1. The van der Waals surface area contributed by atoms with Crippen molar-refractivity contribution in [2.24, 2.45) is 5.84 Å². The second-order valence-corrected chi connectivity index (χ2v) is 4.21. The molecular weight excluding hydrogens is 200 g/mol. The zero-order valence-electron chi connectivity index (χ0n) is 10.2. The highest BCUT2D eigenvalue weighted by molar-refractivity contribution is 5.82. The Morgan fingerprint density at radius 3 is 2.19 bits per heavy atom. The van der Waals surface area contributed by atoms with Gasteiger partial charge >= 0.3 is 0 Å². The third-order valence-corrected chi connectivity index (χ3v) is 3.15. The van der Waals surface area contributed by atoms with Crippen molar-refractivity contribution in [1.29, 1.82) is 0 Å². The molecule has 1 aromatic carbocycles. The molecule has 0 saturated carbocycles. The van der Waals surface area contributed by atoms with Crippen LogP contribution in [0.25, 0.3) is 0 Å². The summed E-state index contributed by atoms with van der Waals surface area (Å²) < 4.78 is 0. The molecule has 3 heteroatoms. The summed E-state index contributed by atoms with van der Waals surface area (Å²) in [5.41, 5.74) is 4.48. The molecule has 1 aromatic rings. The van der Waals surface area contributed by atoms with Crippen LogP contribution in [0.15, 0.2) is 24.3 Å². The van der Waals surface area contributed by atoms with Gasteiger partial charge in [-0.15, -0.1) is 0 Å². The molecule has 1 rings (SSSR count). The average Bonchev–Trinajstić information content (AvgIpc) is 2.36. The monoisotopic (exact) mass is 220 g/mol. The van der Waals surface area contributed by atoms with Crippen LogP contribution in [0.3, 0.4) is 0 Å². The molecule has 16 heavy (non-hydrogen) atoms. The lowest BCUT2D eigenvalue weighted by atomic mass is 9.94. The maximum atomic E-state index is 11.4. The summed E-state index contributed by atoms with van der Waals surface area (Å²) in [7, 11) is 0. The molecule has 0 aliphatic heterocycles. The number of rotatable bonds is 4. The van der Waals surface area contributed by atoms with Crippen molar-refractivity contribution in [3.8, 4) is 0 Å². The standard InChI is InChI=1S/C13H20N2O/c1-4-9(2)11-5-7-12(8-6-11)10(3)13(16)15-14/h5-10H,4,14H2,1-3H3,(H,15,16). The molecule has 1 amide bonds. The number of nitrogens with one attached hydrogen (secondary N) is 1. The quantitative estimate of drug-likeness (QED) is 0.464. The van der Waals surface area contributed by atoms with E-state index < -0.39 is 0 Å². The molecule has 3 N–H and O–H groups in total. The maximum Gasteiger partial charge on any atom is 0.241 e. The molecule has 0 saturated heterocycles. The zero-order valence-corrected chi connectivity index (χ0v) is 10.2. The van der Waals surface area contributed by atoms with Gasteiger partial charge < -0.3 is 0 Å². The second kappa shape index (κ2) is 5.66. The van der Waals surface area contributed by atoms with Crippen LogP contribution in [0.4, 0.5) is 0 Å². The molecule has 0 aliphatic carbocycles. The van der Waals surface area contributed by atoms with Crippen LogP contribution in [0.2, 0.25) is 0 Å². The van der Waals surface area contributed by atoms with E-state index in [9.17, 15) is 4.79 Å². The predicted octanol–water partition coefficient (Wildman–Crippen LogP) is 2.29. The van der Waals surface area contributed by atoms with Gasteiger partial charge in [0.25, 0.3) is 0 Å². The molecule has 0 radical (unpaired) electrons. The summed E-state index contributed by atoms with van der Waals surface area (Å²) in [6, 6.07) is 8.18. The van der Waals surface area contributed by atoms with Crippen LogP contribution in [0.5, 0.6) is 0 Å². The third kappa shape index (κ3) is 2.83. The fourth-order valence-corrected chi connectivity index (χ4v) is 1.63. The first kappa shape index (κ1) is 12.7. The Morgan fingerprint density at radius 2 is 1.75 bits per heavy atom. The number of hydrogen-bond donors (Lipinski definition) is 2. The largest absolute Gasteiger partial charge is 0.294 e. The maximum absolute atomic E-state index is 11.4. The normalized spacial score (nSPS) is 14.2. The van der Waals surface area contributed by atoms with Gasteiger partial charge in [-0.05, 0) is 30.4 Å². The van der Waals surface area contributed by atoms with Crippen molar-refractivity contribution in [2.45, 2.75) is 39.0 Å². The Balaban J connectivity index is 2.82. The highest BCUT2D eigenvalue weighted by Crippen LogP contribution is 2.22. The van der Waals surface area contributed by atoms with Crippen LogP contribution >= 0.6 is 0 Å². The lowest BCUT2D eigenvalue weighted by Crippen LogP contribution is -2.33. The van der Waals surface area contributed by atoms with Crippen LogP contribution in [-0.4, -0.2) is 5.91 Å². The average molecular weight is 220 g/mol. The minimum Gasteiger partial charge on any atom is -0.294 e. The van der Waals surface area contributed by atoms with E-state index in [2.05, 4.69) is 31.4 Å². The van der Waals surface area contributed by atoms with Crippen molar-refractivity contribution < 1.29 is 4.79 Å². The summed E-state index contributed by atoms with van der Waals surface area (Å²) >= 11 is 0. The Hall–Kier alpha value is -1.35. The summed E-state index contributed by atoms with van der Waals surface area (Å²) in [6.07, 6.45) is 1.12. The first-order valence-electron chi connectivity index (χ1n) is 5.70. The van der Waals surface area contributed by atoms with Gasteiger partial charge in [0.15, 0.2) is 0 Å². The smallest absolute Gasteiger partial charge is 0.241 e. The first-order valence-corrected chi connectivity index (χ1v) is 5.70. The van der Waals surface area contributed by atoms with E-state index in [1.807, 2.05) is 19.1 Å².